The van der Waals surface area contributed by atoms with E-state index in [9.17, 15) is 4.79 Å². The zero-order valence-electron chi connectivity index (χ0n) is 13.3. The quantitative estimate of drug-likeness (QED) is 0.776. The highest BCUT2D eigenvalue weighted by molar-refractivity contribution is 5.72. The summed E-state index contributed by atoms with van der Waals surface area (Å²) in [4.78, 5) is 24.3. The smallest absolute Gasteiger partial charge is 0.324 e. The van der Waals surface area contributed by atoms with Crippen LogP contribution in [0, 0.1) is 11.8 Å². The highest BCUT2D eigenvalue weighted by Crippen LogP contribution is 2.50. The van der Waals surface area contributed by atoms with Crippen LogP contribution in [0.3, 0.4) is 0 Å². The van der Waals surface area contributed by atoms with Crippen molar-refractivity contribution in [1.82, 2.24) is 19.5 Å². The van der Waals surface area contributed by atoms with Gasteiger partial charge >= 0.3 is 5.69 Å². The molecule has 2 bridgehead atoms. The second-order valence-electron chi connectivity index (χ2n) is 6.96. The summed E-state index contributed by atoms with van der Waals surface area (Å²) in [5.74, 6) is 1.92. The molecule has 2 aromatic heterocycles. The van der Waals surface area contributed by atoms with Crippen LogP contribution in [0.4, 0.5) is 11.6 Å². The lowest BCUT2D eigenvalue weighted by Crippen LogP contribution is -2.26. The number of H-pyrrole nitrogens is 1. The molecule has 2 fully saturated rings. The minimum atomic E-state index is -0.0614. The van der Waals surface area contributed by atoms with Crippen LogP contribution >= 0.6 is 0 Å². The summed E-state index contributed by atoms with van der Waals surface area (Å²) in [6, 6.07) is 10.1. The summed E-state index contributed by atoms with van der Waals surface area (Å²) in [6.45, 7) is 0. The molecule has 2 N–H and O–H groups in total. The summed E-state index contributed by atoms with van der Waals surface area (Å²) in [5.41, 5.74) is 2.29. The molecule has 0 aliphatic heterocycles. The molecular formula is C18H19N5O. The van der Waals surface area contributed by atoms with Gasteiger partial charge in [-0.05, 0) is 43.2 Å². The number of aromatic amines is 1. The van der Waals surface area contributed by atoms with Crippen LogP contribution in [0.25, 0.3) is 11.2 Å². The lowest BCUT2D eigenvalue weighted by molar-refractivity contribution is 0.330. The number of hydrogen-bond donors (Lipinski definition) is 2. The molecule has 5 rings (SSSR count). The van der Waals surface area contributed by atoms with Gasteiger partial charge in [0, 0.05) is 11.7 Å². The molecule has 122 valence electrons. The van der Waals surface area contributed by atoms with Crippen LogP contribution in [0.15, 0.2) is 41.3 Å². The third kappa shape index (κ3) is 2.13. The fraction of sp³-hybridized carbons (Fsp3) is 0.389. The third-order valence-electron chi connectivity index (χ3n) is 5.54. The number of fused-ring (bicyclic) bond motifs is 3. The van der Waals surface area contributed by atoms with Crippen molar-refractivity contribution in [2.45, 2.75) is 31.7 Å². The van der Waals surface area contributed by atoms with Crippen LogP contribution in [-0.2, 0) is 0 Å². The van der Waals surface area contributed by atoms with Crippen molar-refractivity contribution >= 4 is 22.8 Å². The molecule has 0 saturated heterocycles. The number of rotatable bonds is 3. The number of aromatic nitrogens is 4. The van der Waals surface area contributed by atoms with Crippen molar-refractivity contribution in [3.63, 3.8) is 0 Å². The standard InChI is InChI=1S/C18H19N5O/c24-18-22-16-15(23(18)14-9-11-6-7-12(14)8-11)10-19-17(21-16)20-13-4-2-1-3-5-13/h1-5,10-12,14H,6-9H2,(H2,19,20,21,22,24). The van der Waals surface area contributed by atoms with Gasteiger partial charge in [0.2, 0.25) is 5.95 Å². The van der Waals surface area contributed by atoms with E-state index < -0.39 is 0 Å². The van der Waals surface area contributed by atoms with Crippen molar-refractivity contribution < 1.29 is 0 Å². The molecule has 3 atom stereocenters. The van der Waals surface area contributed by atoms with Crippen molar-refractivity contribution in [3.8, 4) is 0 Å². The maximum Gasteiger partial charge on any atom is 0.327 e. The molecule has 2 aliphatic carbocycles. The van der Waals surface area contributed by atoms with Gasteiger partial charge in [-0.2, -0.15) is 4.98 Å². The molecular weight excluding hydrogens is 302 g/mol. The van der Waals surface area contributed by atoms with E-state index in [0.29, 0.717) is 23.6 Å². The number of benzene rings is 1. The van der Waals surface area contributed by atoms with Gasteiger partial charge in [0.25, 0.3) is 0 Å². The SMILES string of the molecule is O=c1[nH]c2nc(Nc3ccccc3)ncc2n1C1CC2CCC1C2. The fourth-order valence-electron chi connectivity index (χ4n) is 4.48. The van der Waals surface area contributed by atoms with Crippen molar-refractivity contribution in [2.75, 3.05) is 5.32 Å². The zero-order valence-corrected chi connectivity index (χ0v) is 13.3. The van der Waals surface area contributed by atoms with Gasteiger partial charge in [-0.1, -0.05) is 24.6 Å². The minimum Gasteiger partial charge on any atom is -0.324 e. The number of para-hydroxylation sites is 1. The lowest BCUT2D eigenvalue weighted by Gasteiger charge is -2.22. The van der Waals surface area contributed by atoms with Gasteiger partial charge < -0.3 is 5.32 Å². The van der Waals surface area contributed by atoms with E-state index in [4.69, 9.17) is 0 Å². The Hall–Kier alpha value is -2.63. The maximum atomic E-state index is 12.5. The Morgan fingerprint density at radius 3 is 2.79 bits per heavy atom. The topological polar surface area (TPSA) is 75.6 Å². The van der Waals surface area contributed by atoms with Gasteiger partial charge in [0.1, 0.15) is 5.52 Å². The van der Waals surface area contributed by atoms with Crippen LogP contribution in [0.5, 0.6) is 0 Å². The van der Waals surface area contributed by atoms with Gasteiger partial charge in [-0.3, -0.25) is 9.55 Å². The largest absolute Gasteiger partial charge is 0.327 e. The Balaban J connectivity index is 1.52. The first-order valence-corrected chi connectivity index (χ1v) is 8.57. The predicted molar refractivity (Wildman–Crippen MR) is 92.4 cm³/mol. The molecule has 24 heavy (non-hydrogen) atoms. The Morgan fingerprint density at radius 2 is 2.04 bits per heavy atom. The number of hydrogen-bond acceptors (Lipinski definition) is 4. The third-order valence-corrected chi connectivity index (χ3v) is 5.54. The number of nitrogens with zero attached hydrogens (tertiary/aromatic N) is 3. The lowest BCUT2D eigenvalue weighted by atomic mass is 9.95. The first-order valence-electron chi connectivity index (χ1n) is 8.57. The molecule has 1 aromatic carbocycles. The van der Waals surface area contributed by atoms with E-state index in [1.807, 2.05) is 34.9 Å². The maximum absolute atomic E-state index is 12.5. The second-order valence-corrected chi connectivity index (χ2v) is 6.96. The number of anilines is 2. The molecule has 2 saturated carbocycles. The highest BCUT2D eigenvalue weighted by Gasteiger charge is 2.41. The Bertz CT molecular complexity index is 945. The van der Waals surface area contributed by atoms with E-state index in [-0.39, 0.29) is 5.69 Å². The van der Waals surface area contributed by atoms with Crippen molar-refractivity contribution in [1.29, 1.82) is 0 Å². The fourth-order valence-corrected chi connectivity index (χ4v) is 4.48. The van der Waals surface area contributed by atoms with Gasteiger partial charge in [-0.25, -0.2) is 9.78 Å². The Labute approximate surface area is 139 Å². The van der Waals surface area contributed by atoms with Crippen LogP contribution in [-0.4, -0.2) is 19.5 Å². The van der Waals surface area contributed by atoms with Crippen LogP contribution in [0.1, 0.15) is 31.7 Å². The number of imidazole rings is 1. The monoisotopic (exact) mass is 321 g/mol. The molecule has 6 nitrogen and oxygen atoms in total. The van der Waals surface area contributed by atoms with Gasteiger partial charge in [0.05, 0.1) is 6.20 Å². The second kappa shape index (κ2) is 5.19. The molecule has 0 spiro atoms. The number of nitrogens with one attached hydrogen (secondary N) is 2. The normalized spacial score (nSPS) is 25.4. The van der Waals surface area contributed by atoms with E-state index in [0.717, 1.165) is 23.5 Å². The summed E-state index contributed by atoms with van der Waals surface area (Å²) < 4.78 is 1.89. The first kappa shape index (κ1) is 13.8. The molecule has 2 aliphatic rings. The first-order chi connectivity index (χ1) is 11.8. The predicted octanol–water partition coefficient (Wildman–Crippen LogP) is 3.22. The summed E-state index contributed by atoms with van der Waals surface area (Å²) >= 11 is 0. The van der Waals surface area contributed by atoms with Crippen molar-refractivity contribution in [2.24, 2.45) is 11.8 Å². The van der Waals surface area contributed by atoms with Crippen molar-refractivity contribution in [3.05, 3.63) is 47.0 Å². The summed E-state index contributed by atoms with van der Waals surface area (Å²) in [6.07, 6.45) is 6.69. The molecule has 3 aromatic rings. The van der Waals surface area contributed by atoms with Crippen LogP contribution in [0.2, 0.25) is 0 Å². The van der Waals surface area contributed by atoms with Gasteiger partial charge in [-0.15, -0.1) is 0 Å². The van der Waals surface area contributed by atoms with Gasteiger partial charge in [0.15, 0.2) is 5.65 Å². The molecule has 6 heteroatoms. The summed E-state index contributed by atoms with van der Waals surface area (Å²) in [7, 11) is 0. The average molecular weight is 321 g/mol. The van der Waals surface area contributed by atoms with E-state index in [1.165, 1.54) is 19.3 Å². The molecule has 0 amide bonds. The van der Waals surface area contributed by atoms with E-state index >= 15 is 0 Å². The molecule has 2 heterocycles. The molecule has 3 unspecified atom stereocenters. The highest BCUT2D eigenvalue weighted by atomic mass is 16.1. The summed E-state index contributed by atoms with van der Waals surface area (Å²) in [5, 5.41) is 3.17. The zero-order chi connectivity index (χ0) is 16.1. The van der Waals surface area contributed by atoms with Crippen LogP contribution < -0.4 is 11.0 Å². The van der Waals surface area contributed by atoms with E-state index in [2.05, 4.69) is 20.3 Å². The molecule has 0 radical (unpaired) electrons. The average Bonchev–Trinajstić information content (AvgIpc) is 3.28. The van der Waals surface area contributed by atoms with E-state index in [1.54, 1.807) is 6.20 Å². The Kier molecular flexibility index (Phi) is 2.98. The Morgan fingerprint density at radius 1 is 1.17 bits per heavy atom. The minimum absolute atomic E-state index is 0.0614.